The number of carbonyl (C=O) groups is 1. The summed E-state index contributed by atoms with van der Waals surface area (Å²) in [6, 6.07) is 10.7. The zero-order valence-electron chi connectivity index (χ0n) is 15.8. The van der Waals surface area contributed by atoms with Crippen LogP contribution in [0.3, 0.4) is 0 Å². The molecular weight excluding hydrogens is 358 g/mol. The van der Waals surface area contributed by atoms with Gasteiger partial charge in [0, 0.05) is 6.42 Å². The molecule has 1 N–H and O–H groups in total. The summed E-state index contributed by atoms with van der Waals surface area (Å²) >= 11 is 0. The maximum atomic E-state index is 13.3. The molecule has 0 unspecified atom stereocenters. The standard InChI is InChI=1S/C22H21NO5/c1-3-4-8-18(24)23-22-19(14-9-10-16-17(11-14)27-12-26-16)20(25)15-7-5-6-13(2)21(15)28-22/h5-7,9-11H,3-4,8,12H2,1-2H3,(H,23,24). The molecule has 2 heterocycles. The molecule has 4 rings (SSSR count). The predicted octanol–water partition coefficient (Wildman–Crippen LogP) is 4.63. The molecule has 144 valence electrons. The quantitative estimate of drug-likeness (QED) is 0.699. The van der Waals surface area contributed by atoms with E-state index in [0.29, 0.717) is 40.0 Å². The van der Waals surface area contributed by atoms with Gasteiger partial charge >= 0.3 is 0 Å². The highest BCUT2D eigenvalue weighted by Crippen LogP contribution is 2.38. The van der Waals surface area contributed by atoms with Crippen molar-refractivity contribution in [2.24, 2.45) is 0 Å². The Morgan fingerprint density at radius 2 is 1.96 bits per heavy atom. The highest BCUT2D eigenvalue weighted by atomic mass is 16.7. The summed E-state index contributed by atoms with van der Waals surface area (Å²) in [7, 11) is 0. The SMILES string of the molecule is CCCCC(=O)Nc1oc2c(C)cccc2c(=O)c1-c1ccc2c(c1)OCO2. The molecule has 0 saturated carbocycles. The van der Waals surface area contributed by atoms with Crippen LogP contribution in [0.1, 0.15) is 31.7 Å². The van der Waals surface area contributed by atoms with Gasteiger partial charge in [-0.15, -0.1) is 0 Å². The number of hydrogen-bond acceptors (Lipinski definition) is 5. The minimum absolute atomic E-state index is 0.144. The molecule has 1 aliphatic heterocycles. The average molecular weight is 379 g/mol. The van der Waals surface area contributed by atoms with Crippen LogP contribution in [-0.2, 0) is 4.79 Å². The first-order valence-electron chi connectivity index (χ1n) is 9.34. The maximum Gasteiger partial charge on any atom is 0.231 e. The van der Waals surface area contributed by atoms with Crippen molar-refractivity contribution in [2.75, 3.05) is 12.1 Å². The molecule has 0 radical (unpaired) electrons. The Morgan fingerprint density at radius 3 is 2.79 bits per heavy atom. The number of anilines is 1. The largest absolute Gasteiger partial charge is 0.454 e. The molecule has 0 saturated heterocycles. The lowest BCUT2D eigenvalue weighted by atomic mass is 10.0. The van der Waals surface area contributed by atoms with E-state index in [2.05, 4.69) is 5.32 Å². The molecular formula is C22H21NO5. The lowest BCUT2D eigenvalue weighted by Gasteiger charge is -2.12. The third kappa shape index (κ3) is 3.22. The molecule has 0 atom stereocenters. The first-order chi connectivity index (χ1) is 13.6. The number of rotatable bonds is 5. The molecule has 6 nitrogen and oxygen atoms in total. The molecule has 3 aromatic rings. The number of amides is 1. The van der Waals surface area contributed by atoms with Crippen LogP contribution >= 0.6 is 0 Å². The van der Waals surface area contributed by atoms with E-state index >= 15 is 0 Å². The van der Waals surface area contributed by atoms with Gasteiger partial charge in [0.15, 0.2) is 11.5 Å². The second-order valence-electron chi connectivity index (χ2n) is 6.81. The van der Waals surface area contributed by atoms with E-state index < -0.39 is 0 Å². The summed E-state index contributed by atoms with van der Waals surface area (Å²) < 4.78 is 16.8. The molecule has 0 aliphatic carbocycles. The minimum atomic E-state index is -0.199. The van der Waals surface area contributed by atoms with Crippen LogP contribution in [0.15, 0.2) is 45.6 Å². The number of fused-ring (bicyclic) bond motifs is 2. The van der Waals surface area contributed by atoms with Crippen molar-refractivity contribution in [2.45, 2.75) is 33.1 Å². The van der Waals surface area contributed by atoms with Gasteiger partial charge in [-0.3, -0.25) is 14.9 Å². The lowest BCUT2D eigenvalue weighted by Crippen LogP contribution is -2.16. The van der Waals surface area contributed by atoms with Crippen molar-refractivity contribution in [3.63, 3.8) is 0 Å². The number of ether oxygens (including phenoxy) is 2. The van der Waals surface area contributed by atoms with Crippen molar-refractivity contribution in [3.8, 4) is 22.6 Å². The van der Waals surface area contributed by atoms with Gasteiger partial charge in [-0.05, 0) is 42.7 Å². The van der Waals surface area contributed by atoms with Crippen LogP contribution in [0.4, 0.5) is 5.88 Å². The number of nitrogens with one attached hydrogen (secondary N) is 1. The molecule has 0 fully saturated rings. The van der Waals surface area contributed by atoms with E-state index in [1.807, 2.05) is 26.0 Å². The fraction of sp³-hybridized carbons (Fsp3) is 0.273. The third-order valence-corrected chi connectivity index (χ3v) is 4.79. The van der Waals surface area contributed by atoms with E-state index in [-0.39, 0.29) is 24.0 Å². The highest BCUT2D eigenvalue weighted by molar-refractivity contribution is 5.96. The Hall–Kier alpha value is -3.28. The molecule has 6 heteroatoms. The Morgan fingerprint density at radius 1 is 1.14 bits per heavy atom. The van der Waals surface area contributed by atoms with Crippen LogP contribution in [0.25, 0.3) is 22.1 Å². The number of para-hydroxylation sites is 1. The second kappa shape index (κ2) is 7.38. The molecule has 0 bridgehead atoms. The van der Waals surface area contributed by atoms with Gasteiger partial charge in [-0.1, -0.05) is 31.5 Å². The number of carbonyl (C=O) groups excluding carboxylic acids is 1. The molecule has 1 aromatic heterocycles. The van der Waals surface area contributed by atoms with E-state index in [1.165, 1.54) is 0 Å². The van der Waals surface area contributed by atoms with E-state index in [9.17, 15) is 9.59 Å². The van der Waals surface area contributed by atoms with Gasteiger partial charge in [0.05, 0.1) is 10.9 Å². The first-order valence-corrected chi connectivity index (χ1v) is 9.34. The zero-order chi connectivity index (χ0) is 19.7. The third-order valence-electron chi connectivity index (χ3n) is 4.79. The average Bonchev–Trinajstić information content (AvgIpc) is 3.15. The lowest BCUT2D eigenvalue weighted by molar-refractivity contribution is -0.116. The summed E-state index contributed by atoms with van der Waals surface area (Å²) in [6.45, 7) is 4.03. The molecule has 1 aliphatic rings. The molecule has 1 amide bonds. The van der Waals surface area contributed by atoms with Gasteiger partial charge in [0.2, 0.25) is 24.0 Å². The number of unbranched alkanes of at least 4 members (excludes halogenated alkanes) is 1. The van der Waals surface area contributed by atoms with Gasteiger partial charge in [0.25, 0.3) is 0 Å². The predicted molar refractivity (Wildman–Crippen MR) is 107 cm³/mol. The topological polar surface area (TPSA) is 77.8 Å². The summed E-state index contributed by atoms with van der Waals surface area (Å²) in [5.41, 5.74) is 2.02. The van der Waals surface area contributed by atoms with E-state index in [1.54, 1.807) is 24.3 Å². The Labute approximate surface area is 162 Å². The summed E-state index contributed by atoms with van der Waals surface area (Å²) in [5, 5.41) is 3.27. The van der Waals surface area contributed by atoms with Gasteiger partial charge in [0.1, 0.15) is 5.58 Å². The van der Waals surface area contributed by atoms with Gasteiger partial charge in [-0.25, -0.2) is 0 Å². The number of hydrogen-bond donors (Lipinski definition) is 1. The van der Waals surface area contributed by atoms with E-state index in [0.717, 1.165) is 18.4 Å². The summed E-state index contributed by atoms with van der Waals surface area (Å²) in [5.74, 6) is 1.16. The monoisotopic (exact) mass is 379 g/mol. The molecule has 2 aromatic carbocycles. The van der Waals surface area contributed by atoms with Gasteiger partial charge < -0.3 is 13.9 Å². The number of benzene rings is 2. The minimum Gasteiger partial charge on any atom is -0.454 e. The fourth-order valence-corrected chi connectivity index (χ4v) is 3.29. The fourth-order valence-electron chi connectivity index (χ4n) is 3.29. The molecule has 28 heavy (non-hydrogen) atoms. The normalized spacial score (nSPS) is 12.4. The van der Waals surface area contributed by atoms with Crippen molar-refractivity contribution in [3.05, 3.63) is 52.2 Å². The summed E-state index contributed by atoms with van der Waals surface area (Å²) in [4.78, 5) is 25.7. The smallest absolute Gasteiger partial charge is 0.231 e. The van der Waals surface area contributed by atoms with Gasteiger partial charge in [-0.2, -0.15) is 0 Å². The van der Waals surface area contributed by atoms with Crippen molar-refractivity contribution in [1.29, 1.82) is 0 Å². The Kier molecular flexibility index (Phi) is 4.77. The van der Waals surface area contributed by atoms with Crippen LogP contribution < -0.4 is 20.2 Å². The zero-order valence-corrected chi connectivity index (χ0v) is 15.8. The van der Waals surface area contributed by atoms with Crippen LogP contribution in [0.5, 0.6) is 11.5 Å². The Balaban J connectivity index is 1.89. The summed E-state index contributed by atoms with van der Waals surface area (Å²) in [6.07, 6.45) is 2.04. The van der Waals surface area contributed by atoms with E-state index in [4.69, 9.17) is 13.9 Å². The highest BCUT2D eigenvalue weighted by Gasteiger charge is 2.22. The Bertz CT molecular complexity index is 1120. The van der Waals surface area contributed by atoms with Crippen LogP contribution in [-0.4, -0.2) is 12.7 Å². The molecule has 0 spiro atoms. The maximum absolute atomic E-state index is 13.3. The van der Waals surface area contributed by atoms with Crippen LogP contribution in [0.2, 0.25) is 0 Å². The van der Waals surface area contributed by atoms with Crippen molar-refractivity contribution >= 4 is 22.8 Å². The van der Waals surface area contributed by atoms with Crippen molar-refractivity contribution in [1.82, 2.24) is 0 Å². The van der Waals surface area contributed by atoms with Crippen molar-refractivity contribution < 1.29 is 18.7 Å². The van der Waals surface area contributed by atoms with Crippen LogP contribution in [0, 0.1) is 6.92 Å². The second-order valence-corrected chi connectivity index (χ2v) is 6.81. The number of aryl methyl sites for hydroxylation is 1. The first kappa shape index (κ1) is 18.1.